The van der Waals surface area contributed by atoms with Gasteiger partial charge in [0.2, 0.25) is 10.0 Å². The molecule has 0 fully saturated rings. The number of carboxylic acids is 1. The molecule has 0 aliphatic heterocycles. The Morgan fingerprint density at radius 1 is 1.35 bits per heavy atom. The molecule has 3 N–H and O–H groups in total. The summed E-state index contributed by atoms with van der Waals surface area (Å²) in [5.41, 5.74) is 0.464. The van der Waals surface area contributed by atoms with Crippen LogP contribution in [0.5, 0.6) is 0 Å². The summed E-state index contributed by atoms with van der Waals surface area (Å²) in [5, 5.41) is 14.0. The van der Waals surface area contributed by atoms with Gasteiger partial charge in [-0.3, -0.25) is 0 Å². The van der Waals surface area contributed by atoms with Gasteiger partial charge < -0.3 is 5.11 Å². The Morgan fingerprint density at radius 3 is 2.40 bits per heavy atom. The van der Waals surface area contributed by atoms with Gasteiger partial charge in [-0.2, -0.15) is 0 Å². The lowest BCUT2D eigenvalue weighted by Gasteiger charge is -2.00. The lowest BCUT2D eigenvalue weighted by Crippen LogP contribution is -2.11. The molecule has 6 nitrogen and oxygen atoms in total. The molecule has 1 aromatic carbocycles. The summed E-state index contributed by atoms with van der Waals surface area (Å²) in [6, 6.07) is 6.00. The van der Waals surface area contributed by atoms with Crippen LogP contribution in [0, 0.1) is 6.92 Å². The van der Waals surface area contributed by atoms with Gasteiger partial charge in [0.15, 0.2) is 4.34 Å². The summed E-state index contributed by atoms with van der Waals surface area (Å²) < 4.78 is 22.8. The minimum Gasteiger partial charge on any atom is -0.477 e. The molecule has 1 heterocycles. The number of carbonyl (C=O) groups is 1. The van der Waals surface area contributed by atoms with Gasteiger partial charge in [-0.05, 0) is 31.2 Å². The fraction of sp³-hybridized carbons (Fsp3) is 0.0909. The number of thiazole rings is 1. The standard InChI is InChI=1S/C11H10N2O4S3/c1-6-9(10(14)15)19-11(13-6)18-7-2-4-8(5-3-7)20(12,16)17/h2-5H,1H3,(H,14,15)(H2,12,16,17). The van der Waals surface area contributed by atoms with Gasteiger partial charge in [0.1, 0.15) is 4.88 Å². The van der Waals surface area contributed by atoms with Crippen LogP contribution < -0.4 is 5.14 Å². The Kier molecular flexibility index (Phi) is 4.14. The molecule has 9 heteroatoms. The van der Waals surface area contributed by atoms with E-state index in [1.165, 1.54) is 23.9 Å². The molecule has 0 atom stereocenters. The van der Waals surface area contributed by atoms with Crippen LogP contribution in [0.15, 0.2) is 38.4 Å². The highest BCUT2D eigenvalue weighted by molar-refractivity contribution is 8.01. The zero-order chi connectivity index (χ0) is 14.9. The molecular formula is C11H10N2O4S3. The highest BCUT2D eigenvalue weighted by Crippen LogP contribution is 2.33. The summed E-state index contributed by atoms with van der Waals surface area (Å²) in [4.78, 5) is 16.1. The van der Waals surface area contributed by atoms with Crippen LogP contribution in [0.1, 0.15) is 15.4 Å². The van der Waals surface area contributed by atoms with Gasteiger partial charge in [0.05, 0.1) is 10.6 Å². The molecule has 2 rings (SSSR count). The van der Waals surface area contributed by atoms with E-state index in [2.05, 4.69) is 4.98 Å². The Balaban J connectivity index is 2.22. The molecule has 1 aromatic heterocycles. The minimum absolute atomic E-state index is 0.0309. The molecule has 106 valence electrons. The highest BCUT2D eigenvalue weighted by Gasteiger charge is 2.15. The van der Waals surface area contributed by atoms with Gasteiger partial charge in [-0.1, -0.05) is 11.8 Å². The Labute approximate surface area is 123 Å². The van der Waals surface area contributed by atoms with Crippen molar-refractivity contribution >= 4 is 39.1 Å². The predicted octanol–water partition coefficient (Wildman–Crippen LogP) is 1.95. The lowest BCUT2D eigenvalue weighted by molar-refractivity contribution is 0.0701. The summed E-state index contributed by atoms with van der Waals surface area (Å²) in [7, 11) is -3.71. The molecule has 0 unspecified atom stereocenters. The van der Waals surface area contributed by atoms with E-state index in [0.29, 0.717) is 10.0 Å². The van der Waals surface area contributed by atoms with Crippen molar-refractivity contribution in [1.29, 1.82) is 0 Å². The third-order valence-corrected chi connectivity index (χ3v) is 5.47. The van der Waals surface area contributed by atoms with Crippen molar-refractivity contribution in [2.24, 2.45) is 5.14 Å². The second-order valence-corrected chi connectivity index (χ2v) is 7.70. The van der Waals surface area contributed by atoms with Crippen LogP contribution >= 0.6 is 23.1 Å². The van der Waals surface area contributed by atoms with Crippen LogP contribution in [0.2, 0.25) is 0 Å². The van der Waals surface area contributed by atoms with Crippen LogP contribution in [0.25, 0.3) is 0 Å². The van der Waals surface area contributed by atoms with E-state index < -0.39 is 16.0 Å². The zero-order valence-electron chi connectivity index (χ0n) is 10.2. The summed E-state index contributed by atoms with van der Waals surface area (Å²) in [6.07, 6.45) is 0. The van der Waals surface area contributed by atoms with Crippen LogP contribution in [0.4, 0.5) is 0 Å². The molecule has 0 saturated carbocycles. The third kappa shape index (κ3) is 3.37. The molecule has 0 aliphatic carbocycles. The maximum absolute atomic E-state index is 11.1. The average Bonchev–Trinajstić information content (AvgIpc) is 2.70. The number of hydrogen-bond donors (Lipinski definition) is 2. The van der Waals surface area contributed by atoms with Crippen LogP contribution in [-0.4, -0.2) is 24.5 Å². The number of aryl methyl sites for hydroxylation is 1. The number of benzene rings is 1. The average molecular weight is 330 g/mol. The van der Waals surface area contributed by atoms with E-state index in [1.54, 1.807) is 19.1 Å². The number of aromatic nitrogens is 1. The second-order valence-electron chi connectivity index (χ2n) is 3.82. The number of rotatable bonds is 4. The topological polar surface area (TPSA) is 110 Å². The molecule has 0 radical (unpaired) electrons. The number of primary sulfonamides is 1. The number of hydrogen-bond acceptors (Lipinski definition) is 6. The van der Waals surface area contributed by atoms with Gasteiger partial charge in [-0.25, -0.2) is 23.3 Å². The number of carboxylic acid groups (broad SMARTS) is 1. The quantitative estimate of drug-likeness (QED) is 0.886. The molecule has 0 spiro atoms. The van der Waals surface area contributed by atoms with E-state index >= 15 is 0 Å². The number of aromatic carboxylic acids is 1. The van der Waals surface area contributed by atoms with Crippen molar-refractivity contribution in [2.75, 3.05) is 0 Å². The second kappa shape index (κ2) is 5.52. The van der Waals surface area contributed by atoms with Crippen molar-refractivity contribution in [3.05, 3.63) is 34.8 Å². The van der Waals surface area contributed by atoms with Crippen molar-refractivity contribution < 1.29 is 18.3 Å². The minimum atomic E-state index is -3.71. The predicted molar refractivity (Wildman–Crippen MR) is 75.7 cm³/mol. The molecular weight excluding hydrogens is 320 g/mol. The van der Waals surface area contributed by atoms with Gasteiger partial charge in [-0.15, -0.1) is 11.3 Å². The van der Waals surface area contributed by atoms with Crippen LogP contribution in [0.3, 0.4) is 0 Å². The van der Waals surface area contributed by atoms with Crippen molar-refractivity contribution in [3.8, 4) is 0 Å². The van der Waals surface area contributed by atoms with E-state index in [-0.39, 0.29) is 9.77 Å². The Hall–Kier alpha value is -1.42. The lowest BCUT2D eigenvalue weighted by atomic mass is 10.4. The first kappa shape index (κ1) is 15.0. The normalized spacial score (nSPS) is 11.5. The molecule has 20 heavy (non-hydrogen) atoms. The molecule has 2 aromatic rings. The largest absolute Gasteiger partial charge is 0.477 e. The first-order valence-electron chi connectivity index (χ1n) is 5.29. The fourth-order valence-electron chi connectivity index (χ4n) is 1.41. The summed E-state index contributed by atoms with van der Waals surface area (Å²) in [5.74, 6) is -1.00. The van der Waals surface area contributed by atoms with Gasteiger partial charge in [0, 0.05) is 4.90 Å². The summed E-state index contributed by atoms with van der Waals surface area (Å²) in [6.45, 7) is 1.63. The molecule has 0 aliphatic rings. The maximum Gasteiger partial charge on any atom is 0.347 e. The van der Waals surface area contributed by atoms with Crippen molar-refractivity contribution in [1.82, 2.24) is 4.98 Å². The third-order valence-electron chi connectivity index (χ3n) is 2.33. The number of nitrogens with zero attached hydrogens (tertiary/aromatic N) is 1. The SMILES string of the molecule is Cc1nc(Sc2ccc(S(N)(=O)=O)cc2)sc1C(=O)O. The van der Waals surface area contributed by atoms with E-state index in [4.69, 9.17) is 10.2 Å². The van der Waals surface area contributed by atoms with Gasteiger partial charge in [0.25, 0.3) is 0 Å². The maximum atomic E-state index is 11.1. The fourth-order valence-corrected chi connectivity index (χ4v) is 3.93. The van der Waals surface area contributed by atoms with E-state index in [9.17, 15) is 13.2 Å². The van der Waals surface area contributed by atoms with Gasteiger partial charge >= 0.3 is 5.97 Å². The molecule has 0 amide bonds. The van der Waals surface area contributed by atoms with E-state index in [1.807, 2.05) is 0 Å². The Morgan fingerprint density at radius 2 is 1.95 bits per heavy atom. The van der Waals surface area contributed by atoms with Crippen molar-refractivity contribution in [2.45, 2.75) is 21.1 Å². The first-order valence-corrected chi connectivity index (χ1v) is 8.47. The van der Waals surface area contributed by atoms with Crippen molar-refractivity contribution in [3.63, 3.8) is 0 Å². The Bertz CT molecular complexity index is 750. The zero-order valence-corrected chi connectivity index (χ0v) is 12.7. The number of nitrogens with two attached hydrogens (primary N) is 1. The summed E-state index contributed by atoms with van der Waals surface area (Å²) >= 11 is 2.35. The van der Waals surface area contributed by atoms with Crippen LogP contribution in [-0.2, 0) is 10.0 Å². The monoisotopic (exact) mass is 330 g/mol. The molecule has 0 saturated heterocycles. The molecule has 0 bridgehead atoms. The smallest absolute Gasteiger partial charge is 0.347 e. The first-order chi connectivity index (χ1) is 9.27. The highest BCUT2D eigenvalue weighted by atomic mass is 32.2. The number of sulfonamides is 1. The van der Waals surface area contributed by atoms with E-state index in [0.717, 1.165) is 16.2 Å².